The molecule has 0 aliphatic carbocycles. The maximum absolute atomic E-state index is 12.8. The predicted octanol–water partition coefficient (Wildman–Crippen LogP) is 2.30. The largest absolute Gasteiger partial charge is 0.453 e. The summed E-state index contributed by atoms with van der Waals surface area (Å²) in [5, 5.41) is 6.44. The van der Waals surface area contributed by atoms with E-state index in [4.69, 9.17) is 4.74 Å². The zero-order valence-corrected chi connectivity index (χ0v) is 19.1. The molecule has 1 saturated heterocycles. The molecule has 2 aromatic rings. The Morgan fingerprint density at radius 3 is 2.53 bits per heavy atom. The van der Waals surface area contributed by atoms with Gasteiger partial charge in [0, 0.05) is 25.8 Å². The first-order valence-corrected chi connectivity index (χ1v) is 12.0. The number of hydrogen-bond donors (Lipinski definition) is 2. The van der Waals surface area contributed by atoms with Gasteiger partial charge < -0.3 is 14.8 Å². The van der Waals surface area contributed by atoms with Gasteiger partial charge in [-0.25, -0.2) is 13.2 Å². The van der Waals surface area contributed by atoms with Gasteiger partial charge in [-0.3, -0.25) is 14.9 Å². The molecule has 1 aromatic heterocycles. The van der Waals surface area contributed by atoms with Crippen molar-refractivity contribution in [3.05, 3.63) is 46.8 Å². The molecule has 2 N–H and O–H groups in total. The molecule has 0 saturated carbocycles. The molecule has 10 nitrogen and oxygen atoms in total. The maximum atomic E-state index is 12.8. The summed E-state index contributed by atoms with van der Waals surface area (Å²) < 4.78 is 36.7. The highest BCUT2D eigenvalue weighted by Gasteiger charge is 2.26. The van der Waals surface area contributed by atoms with E-state index >= 15 is 0 Å². The number of carbonyl (C=O) groups is 3. The van der Waals surface area contributed by atoms with E-state index in [1.807, 2.05) is 5.32 Å². The van der Waals surface area contributed by atoms with Crippen LogP contribution in [0.25, 0.3) is 0 Å². The first-order valence-electron chi connectivity index (χ1n) is 9.68. The molecule has 1 aliphatic heterocycles. The summed E-state index contributed by atoms with van der Waals surface area (Å²) in [5.74, 6) is -1.25. The fraction of sp³-hybridized carbons (Fsp3) is 0.350. The molecule has 1 aliphatic rings. The zero-order chi connectivity index (χ0) is 23.3. The normalized spacial score (nSPS) is 16.0. The molecular formula is C20H23N3O7S2. The van der Waals surface area contributed by atoms with Crippen LogP contribution >= 0.6 is 11.3 Å². The third-order valence-corrected chi connectivity index (χ3v) is 7.51. The third-order valence-electron chi connectivity index (χ3n) is 4.85. The van der Waals surface area contributed by atoms with Gasteiger partial charge in [0.05, 0.1) is 23.7 Å². The number of carbonyl (C=O) groups excluding carboxylic acids is 3. The van der Waals surface area contributed by atoms with E-state index < -0.39 is 27.9 Å². The van der Waals surface area contributed by atoms with Gasteiger partial charge in [0.25, 0.3) is 11.8 Å². The number of amides is 3. The van der Waals surface area contributed by atoms with Crippen LogP contribution < -0.4 is 10.6 Å². The molecule has 12 heteroatoms. The smallest absolute Gasteiger partial charge is 0.413 e. The third kappa shape index (κ3) is 5.51. The molecule has 172 valence electrons. The van der Waals surface area contributed by atoms with Crippen LogP contribution in [0.2, 0.25) is 0 Å². The molecule has 32 heavy (non-hydrogen) atoms. The second-order valence-electron chi connectivity index (χ2n) is 7.01. The summed E-state index contributed by atoms with van der Waals surface area (Å²) in [7, 11) is -1.10. The van der Waals surface area contributed by atoms with Gasteiger partial charge in [0.1, 0.15) is 5.00 Å². The Bertz CT molecular complexity index is 1090. The maximum Gasteiger partial charge on any atom is 0.413 e. The van der Waals surface area contributed by atoms with Crippen molar-refractivity contribution in [2.45, 2.75) is 23.8 Å². The highest BCUT2D eigenvalue weighted by atomic mass is 32.2. The Kier molecular flexibility index (Phi) is 7.61. The van der Waals surface area contributed by atoms with Crippen molar-refractivity contribution in [1.82, 2.24) is 9.62 Å². The van der Waals surface area contributed by atoms with Crippen LogP contribution in [0.4, 0.5) is 9.80 Å². The van der Waals surface area contributed by atoms with Crippen molar-refractivity contribution >= 4 is 44.3 Å². The SMILES string of the molecule is COC(=O)NC(=O)c1ccsc1NC(=O)c1ccc(S(=O)(=O)N(C)CC2CCCO2)cc1. The number of methoxy groups -OCH3 is 1. The van der Waals surface area contributed by atoms with Gasteiger partial charge in [0.2, 0.25) is 10.0 Å². The van der Waals surface area contributed by atoms with Crippen LogP contribution in [0.15, 0.2) is 40.6 Å². The van der Waals surface area contributed by atoms with Crippen LogP contribution in [0, 0.1) is 0 Å². The number of alkyl carbamates (subject to hydrolysis) is 1. The first kappa shape index (κ1) is 23.9. The quantitative estimate of drug-likeness (QED) is 0.620. The molecule has 1 fully saturated rings. The number of sulfonamides is 1. The van der Waals surface area contributed by atoms with Gasteiger partial charge in [-0.15, -0.1) is 11.3 Å². The Morgan fingerprint density at radius 2 is 1.91 bits per heavy atom. The van der Waals surface area contributed by atoms with Crippen molar-refractivity contribution in [2.24, 2.45) is 0 Å². The number of ether oxygens (including phenoxy) is 2. The van der Waals surface area contributed by atoms with Gasteiger partial charge >= 0.3 is 6.09 Å². The molecule has 3 rings (SSSR count). The number of hydrogen-bond acceptors (Lipinski definition) is 8. The summed E-state index contributed by atoms with van der Waals surface area (Å²) in [6.07, 6.45) is 0.705. The van der Waals surface area contributed by atoms with Crippen molar-refractivity contribution in [2.75, 3.05) is 32.6 Å². The fourth-order valence-electron chi connectivity index (χ4n) is 3.10. The number of rotatable bonds is 7. The van der Waals surface area contributed by atoms with Crippen molar-refractivity contribution < 1.29 is 32.3 Å². The first-order chi connectivity index (χ1) is 15.2. The molecule has 1 aromatic carbocycles. The standard InChI is InChI=1S/C20H23N3O7S2/c1-23(12-14-4-3-10-30-14)32(27,28)15-7-5-13(6-8-15)17(24)21-19-16(9-11-31-19)18(25)22-20(26)29-2/h5-9,11,14H,3-4,10,12H2,1-2H3,(H,21,24)(H,22,25,26). The van der Waals surface area contributed by atoms with E-state index in [1.165, 1.54) is 41.7 Å². The van der Waals surface area contributed by atoms with Crippen molar-refractivity contribution in [3.8, 4) is 0 Å². The highest BCUT2D eigenvalue weighted by molar-refractivity contribution is 7.89. The average Bonchev–Trinajstić information content (AvgIpc) is 3.45. The fourth-order valence-corrected chi connectivity index (χ4v) is 5.08. The number of nitrogens with one attached hydrogen (secondary N) is 2. The van der Waals surface area contributed by atoms with E-state index in [0.29, 0.717) is 6.61 Å². The summed E-state index contributed by atoms with van der Waals surface area (Å²) in [6, 6.07) is 6.96. The molecule has 0 spiro atoms. The molecule has 0 radical (unpaired) electrons. The van der Waals surface area contributed by atoms with Gasteiger partial charge in [-0.05, 0) is 48.6 Å². The molecule has 0 bridgehead atoms. The minimum Gasteiger partial charge on any atom is -0.453 e. The lowest BCUT2D eigenvalue weighted by Gasteiger charge is -2.20. The molecule has 3 amide bonds. The minimum absolute atomic E-state index is 0.0591. The molecular weight excluding hydrogens is 458 g/mol. The zero-order valence-electron chi connectivity index (χ0n) is 17.5. The Labute approximate surface area is 189 Å². The lowest BCUT2D eigenvalue weighted by molar-refractivity contribution is 0.0938. The lowest BCUT2D eigenvalue weighted by atomic mass is 10.2. The van der Waals surface area contributed by atoms with Crippen LogP contribution in [0.3, 0.4) is 0 Å². The van der Waals surface area contributed by atoms with E-state index in [0.717, 1.165) is 31.3 Å². The average molecular weight is 482 g/mol. The van der Waals surface area contributed by atoms with E-state index in [2.05, 4.69) is 10.1 Å². The number of thiophene rings is 1. The summed E-state index contributed by atoms with van der Waals surface area (Å²) in [5.41, 5.74) is 0.308. The van der Waals surface area contributed by atoms with Crippen molar-refractivity contribution in [1.29, 1.82) is 0 Å². The molecule has 1 unspecified atom stereocenters. The van der Waals surface area contributed by atoms with Crippen LogP contribution in [0.5, 0.6) is 0 Å². The number of nitrogens with zero attached hydrogens (tertiary/aromatic N) is 1. The monoisotopic (exact) mass is 481 g/mol. The van der Waals surface area contributed by atoms with E-state index in [1.54, 1.807) is 5.38 Å². The van der Waals surface area contributed by atoms with Gasteiger partial charge in [-0.1, -0.05) is 0 Å². The van der Waals surface area contributed by atoms with E-state index in [-0.39, 0.29) is 33.7 Å². The Morgan fingerprint density at radius 1 is 1.19 bits per heavy atom. The van der Waals surface area contributed by atoms with Gasteiger partial charge in [0.15, 0.2) is 0 Å². The topological polar surface area (TPSA) is 131 Å². The molecule has 1 atom stereocenters. The minimum atomic E-state index is -3.72. The summed E-state index contributed by atoms with van der Waals surface area (Å²) in [4.78, 5) is 36.0. The van der Waals surface area contributed by atoms with Crippen LogP contribution in [0.1, 0.15) is 33.6 Å². The van der Waals surface area contributed by atoms with Crippen molar-refractivity contribution in [3.63, 3.8) is 0 Å². The van der Waals surface area contributed by atoms with Crippen LogP contribution in [-0.2, 0) is 19.5 Å². The number of benzene rings is 1. The Balaban J connectivity index is 1.67. The predicted molar refractivity (Wildman–Crippen MR) is 117 cm³/mol. The lowest BCUT2D eigenvalue weighted by Crippen LogP contribution is -2.34. The molecule has 2 heterocycles. The summed E-state index contributed by atoms with van der Waals surface area (Å²) >= 11 is 1.10. The number of anilines is 1. The second-order valence-corrected chi connectivity index (χ2v) is 9.97. The second kappa shape index (κ2) is 10.2. The Hall–Kier alpha value is -2.80. The number of likely N-dealkylation sites (N-methyl/N-ethyl adjacent to an activating group) is 1. The van der Waals surface area contributed by atoms with Gasteiger partial charge in [-0.2, -0.15) is 4.31 Å². The van der Waals surface area contributed by atoms with Crippen LogP contribution in [-0.4, -0.2) is 64.0 Å². The summed E-state index contributed by atoms with van der Waals surface area (Å²) in [6.45, 7) is 0.901. The number of imide groups is 1. The van der Waals surface area contributed by atoms with E-state index in [9.17, 15) is 22.8 Å². The highest BCUT2D eigenvalue weighted by Crippen LogP contribution is 2.24.